The predicted molar refractivity (Wildman–Crippen MR) is 82.7 cm³/mol. The van der Waals surface area contributed by atoms with E-state index in [1.165, 1.54) is 18.3 Å². The van der Waals surface area contributed by atoms with E-state index in [4.69, 9.17) is 5.11 Å². The van der Waals surface area contributed by atoms with Crippen LogP contribution in [-0.4, -0.2) is 22.1 Å². The van der Waals surface area contributed by atoms with Gasteiger partial charge in [-0.25, -0.2) is 9.59 Å². The van der Waals surface area contributed by atoms with E-state index >= 15 is 0 Å². The molecular weight excluding hydrogens is 338 g/mol. The quantitative estimate of drug-likeness (QED) is 0.790. The van der Waals surface area contributed by atoms with Gasteiger partial charge in [-0.2, -0.15) is 0 Å². The van der Waals surface area contributed by atoms with Gasteiger partial charge in [0.05, 0.1) is 23.1 Å². The van der Waals surface area contributed by atoms with E-state index in [2.05, 4.69) is 31.5 Å². The number of rotatable bonds is 3. The maximum absolute atomic E-state index is 11.9. The van der Waals surface area contributed by atoms with E-state index < -0.39 is 12.0 Å². The molecule has 7 heteroatoms. The molecule has 6 nitrogen and oxygen atoms in total. The number of aromatic nitrogens is 1. The number of nitrogens with one attached hydrogen (secondary N) is 2. The van der Waals surface area contributed by atoms with Gasteiger partial charge in [-0.1, -0.05) is 0 Å². The smallest absolute Gasteiger partial charge is 0.335 e. The number of nitrogens with zero attached hydrogens (tertiary/aromatic N) is 1. The summed E-state index contributed by atoms with van der Waals surface area (Å²) < 4.78 is 0.588. The molecule has 0 radical (unpaired) electrons. The Morgan fingerprint density at radius 2 is 1.90 bits per heavy atom. The molecule has 0 saturated carbocycles. The summed E-state index contributed by atoms with van der Waals surface area (Å²) in [7, 11) is 0. The molecule has 0 aliphatic rings. The van der Waals surface area contributed by atoms with Crippen molar-refractivity contribution in [3.8, 4) is 0 Å². The van der Waals surface area contributed by atoms with Gasteiger partial charge in [-0.3, -0.25) is 4.98 Å². The van der Waals surface area contributed by atoms with Gasteiger partial charge in [-0.05, 0) is 52.7 Å². The standard InChI is InChI=1S/C14H12BrN3O3/c1-8-4-5-16-7-12(8)18-14(21)17-11-6-9(13(19)20)2-3-10(11)15/h2-7H,1H3,(H,19,20)(H2,17,18,21). The first-order valence-corrected chi connectivity index (χ1v) is 6.78. The monoisotopic (exact) mass is 349 g/mol. The van der Waals surface area contributed by atoms with Crippen LogP contribution in [0.5, 0.6) is 0 Å². The van der Waals surface area contributed by atoms with Gasteiger partial charge in [0.15, 0.2) is 0 Å². The molecule has 1 aromatic carbocycles. The minimum Gasteiger partial charge on any atom is -0.478 e. The van der Waals surface area contributed by atoms with Crippen molar-refractivity contribution in [2.45, 2.75) is 6.92 Å². The molecule has 0 fully saturated rings. The fourth-order valence-electron chi connectivity index (χ4n) is 1.62. The van der Waals surface area contributed by atoms with Gasteiger partial charge in [0, 0.05) is 10.7 Å². The topological polar surface area (TPSA) is 91.3 Å². The number of hydrogen-bond acceptors (Lipinski definition) is 3. The lowest BCUT2D eigenvalue weighted by molar-refractivity contribution is 0.0697. The SMILES string of the molecule is Cc1ccncc1NC(=O)Nc1cc(C(=O)O)ccc1Br. The minimum absolute atomic E-state index is 0.0889. The molecule has 0 spiro atoms. The lowest BCUT2D eigenvalue weighted by Gasteiger charge is -2.11. The number of carbonyl (C=O) groups is 2. The van der Waals surface area contributed by atoms with E-state index in [1.807, 2.05) is 6.92 Å². The third kappa shape index (κ3) is 3.79. The van der Waals surface area contributed by atoms with Gasteiger partial charge in [0.2, 0.25) is 0 Å². The Labute approximate surface area is 129 Å². The van der Waals surface area contributed by atoms with Crippen molar-refractivity contribution in [1.29, 1.82) is 0 Å². The Morgan fingerprint density at radius 3 is 2.57 bits per heavy atom. The van der Waals surface area contributed by atoms with Crippen molar-refractivity contribution in [1.82, 2.24) is 4.98 Å². The van der Waals surface area contributed by atoms with Gasteiger partial charge in [0.1, 0.15) is 0 Å². The van der Waals surface area contributed by atoms with Gasteiger partial charge in [-0.15, -0.1) is 0 Å². The number of carboxylic acids is 1. The maximum Gasteiger partial charge on any atom is 0.335 e. The molecule has 1 heterocycles. The summed E-state index contributed by atoms with van der Waals surface area (Å²) in [5.74, 6) is -1.06. The van der Waals surface area contributed by atoms with Gasteiger partial charge < -0.3 is 15.7 Å². The molecule has 0 bridgehead atoms. The van der Waals surface area contributed by atoms with Crippen LogP contribution in [0, 0.1) is 6.92 Å². The lowest BCUT2D eigenvalue weighted by atomic mass is 10.2. The zero-order valence-corrected chi connectivity index (χ0v) is 12.6. The van der Waals surface area contributed by atoms with Crippen molar-refractivity contribution in [2.75, 3.05) is 10.6 Å². The molecule has 0 aliphatic heterocycles. The second kappa shape index (κ2) is 6.36. The Morgan fingerprint density at radius 1 is 1.19 bits per heavy atom. The average molecular weight is 350 g/mol. The molecule has 2 aromatic rings. The molecule has 0 aliphatic carbocycles. The van der Waals surface area contributed by atoms with Crippen molar-refractivity contribution in [2.24, 2.45) is 0 Å². The summed E-state index contributed by atoms with van der Waals surface area (Å²) in [5, 5.41) is 14.2. The second-order valence-electron chi connectivity index (χ2n) is 4.27. The van der Waals surface area contributed by atoms with Crippen LogP contribution in [0.3, 0.4) is 0 Å². The number of benzene rings is 1. The van der Waals surface area contributed by atoms with Crippen LogP contribution in [0.15, 0.2) is 41.1 Å². The summed E-state index contributed by atoms with van der Waals surface area (Å²) in [4.78, 5) is 26.8. The van der Waals surface area contributed by atoms with Crippen LogP contribution < -0.4 is 10.6 Å². The number of halogens is 1. The van der Waals surface area contributed by atoms with E-state index in [-0.39, 0.29) is 5.56 Å². The molecule has 0 atom stereocenters. The molecule has 1 aromatic heterocycles. The number of carboxylic acid groups (broad SMARTS) is 1. The normalized spacial score (nSPS) is 10.0. The average Bonchev–Trinajstić information content (AvgIpc) is 2.43. The zero-order chi connectivity index (χ0) is 15.4. The number of hydrogen-bond donors (Lipinski definition) is 3. The molecule has 2 amide bonds. The lowest BCUT2D eigenvalue weighted by Crippen LogP contribution is -2.20. The maximum atomic E-state index is 11.9. The Kier molecular flexibility index (Phi) is 4.54. The Balaban J connectivity index is 2.15. The van der Waals surface area contributed by atoms with Crippen LogP contribution in [0.25, 0.3) is 0 Å². The number of aryl methyl sites for hydroxylation is 1. The minimum atomic E-state index is -1.06. The van der Waals surface area contributed by atoms with Crippen LogP contribution in [0.2, 0.25) is 0 Å². The largest absolute Gasteiger partial charge is 0.478 e. The summed E-state index contributed by atoms with van der Waals surface area (Å²) in [6.07, 6.45) is 3.17. The van der Waals surface area contributed by atoms with Crippen molar-refractivity contribution < 1.29 is 14.7 Å². The summed E-state index contributed by atoms with van der Waals surface area (Å²) in [6, 6.07) is 5.68. The highest BCUT2D eigenvalue weighted by molar-refractivity contribution is 9.10. The fraction of sp³-hybridized carbons (Fsp3) is 0.0714. The van der Waals surface area contributed by atoms with E-state index in [9.17, 15) is 9.59 Å². The third-order valence-electron chi connectivity index (χ3n) is 2.75. The first-order chi connectivity index (χ1) is 9.97. The third-order valence-corrected chi connectivity index (χ3v) is 3.44. The Hall–Kier alpha value is -2.41. The molecule has 0 unspecified atom stereocenters. The number of amides is 2. The Bertz CT molecular complexity index is 704. The van der Waals surface area contributed by atoms with Crippen molar-refractivity contribution >= 4 is 39.3 Å². The number of aromatic carboxylic acids is 1. The van der Waals surface area contributed by atoms with Gasteiger partial charge >= 0.3 is 12.0 Å². The second-order valence-corrected chi connectivity index (χ2v) is 5.12. The number of urea groups is 1. The van der Waals surface area contributed by atoms with Crippen LogP contribution >= 0.6 is 15.9 Å². The van der Waals surface area contributed by atoms with Crippen molar-refractivity contribution in [3.05, 3.63) is 52.3 Å². The number of pyridine rings is 1. The molecule has 21 heavy (non-hydrogen) atoms. The summed E-state index contributed by atoms with van der Waals surface area (Å²) in [5.41, 5.74) is 1.92. The van der Waals surface area contributed by atoms with E-state index in [1.54, 1.807) is 18.3 Å². The summed E-state index contributed by atoms with van der Waals surface area (Å²) in [6.45, 7) is 1.85. The number of anilines is 2. The fourth-order valence-corrected chi connectivity index (χ4v) is 1.97. The molecule has 3 N–H and O–H groups in total. The first-order valence-electron chi connectivity index (χ1n) is 5.99. The highest BCUT2D eigenvalue weighted by Gasteiger charge is 2.10. The van der Waals surface area contributed by atoms with E-state index in [0.29, 0.717) is 15.8 Å². The molecule has 2 rings (SSSR count). The van der Waals surface area contributed by atoms with Gasteiger partial charge in [0.25, 0.3) is 0 Å². The van der Waals surface area contributed by atoms with E-state index in [0.717, 1.165) is 5.56 Å². The predicted octanol–water partition coefficient (Wildman–Crippen LogP) is 3.49. The summed E-state index contributed by atoms with van der Waals surface area (Å²) >= 11 is 3.26. The molecule has 108 valence electrons. The number of carbonyl (C=O) groups excluding carboxylic acids is 1. The molecule has 0 saturated heterocycles. The highest BCUT2D eigenvalue weighted by atomic mass is 79.9. The highest BCUT2D eigenvalue weighted by Crippen LogP contribution is 2.24. The first kappa shape index (κ1) is 15.0. The van der Waals surface area contributed by atoms with Crippen LogP contribution in [-0.2, 0) is 0 Å². The van der Waals surface area contributed by atoms with Crippen LogP contribution in [0.4, 0.5) is 16.2 Å². The van der Waals surface area contributed by atoms with Crippen LogP contribution in [0.1, 0.15) is 15.9 Å². The molecular formula is C14H12BrN3O3. The van der Waals surface area contributed by atoms with Crippen molar-refractivity contribution in [3.63, 3.8) is 0 Å². The zero-order valence-electron chi connectivity index (χ0n) is 11.1.